The summed E-state index contributed by atoms with van der Waals surface area (Å²) in [5.74, 6) is -2.73. The number of carbonyl (C=O) groups is 1. The van der Waals surface area contributed by atoms with Crippen molar-refractivity contribution in [3.05, 3.63) is 47.0 Å². The van der Waals surface area contributed by atoms with Gasteiger partial charge in [0.25, 0.3) is 0 Å². The van der Waals surface area contributed by atoms with Gasteiger partial charge in [-0.25, -0.2) is 0 Å². The van der Waals surface area contributed by atoms with Gasteiger partial charge in [-0.3, -0.25) is 4.79 Å². The first-order valence-electron chi connectivity index (χ1n) is 9.72. The van der Waals surface area contributed by atoms with Crippen LogP contribution >= 0.6 is 0 Å². The maximum Gasteiger partial charge on any atom is 0.202 e. The van der Waals surface area contributed by atoms with Gasteiger partial charge in [-0.05, 0) is 17.7 Å². The lowest BCUT2D eigenvalue weighted by atomic mass is 9.86. The number of Topliss-reactive ketones (excluding diaryl/α,β-unsaturated/α-hetero) is 1. The predicted octanol–water partition coefficient (Wildman–Crippen LogP) is -1.00. The number of ketones is 1. The molecule has 7 atom stereocenters. The minimum absolute atomic E-state index is 0.0368. The lowest BCUT2D eigenvalue weighted by Gasteiger charge is -2.41. The van der Waals surface area contributed by atoms with E-state index in [-0.39, 0.29) is 11.5 Å². The van der Waals surface area contributed by atoms with Crippen LogP contribution in [-0.4, -0.2) is 83.8 Å². The zero-order chi connectivity index (χ0) is 23.3. The first-order valence-corrected chi connectivity index (χ1v) is 9.72. The van der Waals surface area contributed by atoms with Crippen LogP contribution in [0.2, 0.25) is 0 Å². The van der Waals surface area contributed by atoms with E-state index in [1.165, 1.54) is 24.3 Å². The lowest BCUT2D eigenvalue weighted by molar-refractivity contribution is -0.232. The average molecular weight is 450 g/mol. The number of aromatic hydroxyl groups is 3. The molecule has 0 saturated carbocycles. The maximum atomic E-state index is 12.9. The Morgan fingerprint density at radius 3 is 2.16 bits per heavy atom. The molecule has 5 unspecified atom stereocenters. The molecule has 11 heteroatoms. The fourth-order valence-electron chi connectivity index (χ4n) is 4.00. The number of phenols is 3. The van der Waals surface area contributed by atoms with Crippen molar-refractivity contribution < 1.29 is 55.1 Å². The molecule has 172 valence electrons. The minimum atomic E-state index is -1.82. The number of carbonyl (C=O) groups excluding carboxylic acids is 1. The van der Waals surface area contributed by atoms with E-state index in [9.17, 15) is 45.6 Å². The highest BCUT2D eigenvalue weighted by Gasteiger charge is 2.48. The molecule has 0 aromatic heterocycles. The van der Waals surface area contributed by atoms with E-state index in [1.54, 1.807) is 0 Å². The lowest BCUT2D eigenvalue weighted by Crippen LogP contribution is -2.55. The number of hydrogen-bond acceptors (Lipinski definition) is 11. The van der Waals surface area contributed by atoms with Crippen LogP contribution in [0, 0.1) is 0 Å². The molecule has 0 radical (unpaired) electrons. The van der Waals surface area contributed by atoms with Gasteiger partial charge in [-0.1, -0.05) is 12.1 Å². The van der Waals surface area contributed by atoms with E-state index >= 15 is 0 Å². The van der Waals surface area contributed by atoms with Gasteiger partial charge in [0.1, 0.15) is 59.1 Å². The van der Waals surface area contributed by atoms with Crippen LogP contribution in [0.5, 0.6) is 23.0 Å². The molecule has 4 rings (SSSR count). The number of phenolic OH excluding ortho intramolecular Hbond substituents is 3. The molecule has 11 nitrogen and oxygen atoms in total. The number of hydrogen-bond donors (Lipinski definition) is 8. The molecule has 2 heterocycles. The standard InChI is InChI=1S/C21H22O11/c22-6-11-14(25)17(28)19(30)21(32-11)12-9(24)5-10-13(15(12)26)16(27)18(29)20(31-10)7-1-3-8(23)4-2-7/h1-5,11,14,17-26,28-30H,6H2/t11?,14?,17?,18-,19?,20+,21?/m1/s1. The molecule has 2 aliphatic rings. The van der Waals surface area contributed by atoms with Crippen molar-refractivity contribution in [2.45, 2.75) is 42.7 Å². The van der Waals surface area contributed by atoms with Crippen molar-refractivity contribution >= 4 is 5.78 Å². The van der Waals surface area contributed by atoms with Crippen LogP contribution in [0.1, 0.15) is 33.7 Å². The number of ether oxygens (including phenoxy) is 2. The SMILES string of the molecule is O=C1c2c(cc(O)c(C3OC(CO)C(O)C(O)C3O)c2O)O[C@@H](c2ccc(O)cc2)[C@@H]1O. The predicted molar refractivity (Wildman–Crippen MR) is 104 cm³/mol. The number of aliphatic hydroxyl groups excluding tert-OH is 5. The molecule has 1 saturated heterocycles. The van der Waals surface area contributed by atoms with E-state index < -0.39 is 77.7 Å². The summed E-state index contributed by atoms with van der Waals surface area (Å²) in [6, 6.07) is 6.53. The molecule has 2 aromatic carbocycles. The average Bonchev–Trinajstić information content (AvgIpc) is 2.76. The van der Waals surface area contributed by atoms with Crippen molar-refractivity contribution in [3.63, 3.8) is 0 Å². The Labute approximate surface area is 181 Å². The Morgan fingerprint density at radius 2 is 1.53 bits per heavy atom. The number of aliphatic hydroxyl groups is 5. The molecule has 0 spiro atoms. The van der Waals surface area contributed by atoms with E-state index in [2.05, 4.69) is 0 Å². The van der Waals surface area contributed by atoms with Crippen LogP contribution in [0.25, 0.3) is 0 Å². The van der Waals surface area contributed by atoms with Crippen LogP contribution in [0.3, 0.4) is 0 Å². The Kier molecular flexibility index (Phi) is 5.71. The zero-order valence-corrected chi connectivity index (χ0v) is 16.4. The summed E-state index contributed by atoms with van der Waals surface area (Å²) in [7, 11) is 0. The van der Waals surface area contributed by atoms with Gasteiger partial charge in [0.15, 0.2) is 12.2 Å². The van der Waals surface area contributed by atoms with Gasteiger partial charge in [-0.2, -0.15) is 0 Å². The molecule has 0 amide bonds. The first-order chi connectivity index (χ1) is 15.1. The van der Waals surface area contributed by atoms with Crippen LogP contribution < -0.4 is 4.74 Å². The van der Waals surface area contributed by atoms with Gasteiger partial charge < -0.3 is 50.3 Å². The highest BCUT2D eigenvalue weighted by Crippen LogP contribution is 2.49. The molecule has 8 N–H and O–H groups in total. The Bertz CT molecular complexity index is 1020. The topological polar surface area (TPSA) is 197 Å². The molecule has 2 aromatic rings. The summed E-state index contributed by atoms with van der Waals surface area (Å²) in [5, 5.41) is 80.9. The third-order valence-corrected chi connectivity index (χ3v) is 5.74. The third-order valence-electron chi connectivity index (χ3n) is 5.74. The largest absolute Gasteiger partial charge is 0.508 e. The fourth-order valence-corrected chi connectivity index (χ4v) is 4.00. The van der Waals surface area contributed by atoms with Gasteiger partial charge in [0.2, 0.25) is 5.78 Å². The van der Waals surface area contributed by atoms with Crippen molar-refractivity contribution in [2.75, 3.05) is 6.61 Å². The Balaban J connectivity index is 1.76. The molecular formula is C21H22O11. The fraction of sp³-hybridized carbons (Fsp3) is 0.381. The van der Waals surface area contributed by atoms with Gasteiger partial charge in [-0.15, -0.1) is 0 Å². The van der Waals surface area contributed by atoms with E-state index in [1.807, 2.05) is 0 Å². The van der Waals surface area contributed by atoms with Crippen LogP contribution in [0.15, 0.2) is 30.3 Å². The quantitative estimate of drug-likeness (QED) is 0.285. The van der Waals surface area contributed by atoms with Crippen LogP contribution in [0.4, 0.5) is 0 Å². The van der Waals surface area contributed by atoms with Crippen molar-refractivity contribution in [2.24, 2.45) is 0 Å². The molecule has 2 aliphatic heterocycles. The summed E-state index contributed by atoms with van der Waals surface area (Å²) in [6.07, 6.45) is -11.1. The minimum Gasteiger partial charge on any atom is -0.508 e. The smallest absolute Gasteiger partial charge is 0.202 e. The second-order valence-corrected chi connectivity index (χ2v) is 7.72. The van der Waals surface area contributed by atoms with Crippen LogP contribution in [-0.2, 0) is 4.74 Å². The van der Waals surface area contributed by atoms with Crippen molar-refractivity contribution in [3.8, 4) is 23.0 Å². The number of fused-ring (bicyclic) bond motifs is 1. The first kappa shape index (κ1) is 22.3. The Hall–Kier alpha value is -2.93. The zero-order valence-electron chi connectivity index (χ0n) is 16.4. The second kappa shape index (κ2) is 8.20. The highest BCUT2D eigenvalue weighted by atomic mass is 16.5. The molecular weight excluding hydrogens is 428 g/mol. The molecule has 1 fully saturated rings. The van der Waals surface area contributed by atoms with E-state index in [0.717, 1.165) is 6.07 Å². The van der Waals surface area contributed by atoms with Gasteiger partial charge >= 0.3 is 0 Å². The summed E-state index contributed by atoms with van der Waals surface area (Å²) in [6.45, 7) is -0.733. The molecule has 32 heavy (non-hydrogen) atoms. The molecule has 0 bridgehead atoms. The summed E-state index contributed by atoms with van der Waals surface area (Å²) in [5.41, 5.74) is -0.600. The highest BCUT2D eigenvalue weighted by molar-refractivity contribution is 6.06. The van der Waals surface area contributed by atoms with Gasteiger partial charge in [0.05, 0.1) is 12.2 Å². The normalized spacial score (nSPS) is 32.3. The second-order valence-electron chi connectivity index (χ2n) is 7.72. The van der Waals surface area contributed by atoms with E-state index in [0.29, 0.717) is 5.56 Å². The van der Waals surface area contributed by atoms with E-state index in [4.69, 9.17) is 9.47 Å². The maximum absolute atomic E-state index is 12.9. The molecule has 0 aliphatic carbocycles. The number of benzene rings is 2. The third kappa shape index (κ3) is 3.45. The monoisotopic (exact) mass is 450 g/mol. The van der Waals surface area contributed by atoms with Crippen molar-refractivity contribution in [1.29, 1.82) is 0 Å². The summed E-state index contributed by atoms with van der Waals surface area (Å²) in [4.78, 5) is 12.9. The summed E-state index contributed by atoms with van der Waals surface area (Å²) < 4.78 is 11.0. The van der Waals surface area contributed by atoms with Gasteiger partial charge in [0, 0.05) is 6.07 Å². The summed E-state index contributed by atoms with van der Waals surface area (Å²) >= 11 is 0. The van der Waals surface area contributed by atoms with Crippen molar-refractivity contribution in [1.82, 2.24) is 0 Å². The number of rotatable bonds is 3. The Morgan fingerprint density at radius 1 is 0.875 bits per heavy atom.